The van der Waals surface area contributed by atoms with Crippen LogP contribution in [-0.4, -0.2) is 49.2 Å². The van der Waals surface area contributed by atoms with Gasteiger partial charge >= 0.3 is 0 Å². The van der Waals surface area contributed by atoms with Crippen LogP contribution in [0.1, 0.15) is 37.6 Å². The van der Waals surface area contributed by atoms with Crippen molar-refractivity contribution in [2.45, 2.75) is 38.7 Å². The molecule has 0 saturated carbocycles. The molecule has 0 aliphatic carbocycles. The number of nitrogens with zero attached hydrogens (tertiary/aromatic N) is 2. The maximum absolute atomic E-state index is 12.6. The number of hydrogen-bond acceptors (Lipinski definition) is 6. The van der Waals surface area contributed by atoms with E-state index in [9.17, 15) is 13.2 Å². The number of amides is 1. The Kier molecular flexibility index (Phi) is 6.56. The van der Waals surface area contributed by atoms with Gasteiger partial charge in [-0.15, -0.1) is 11.3 Å². The van der Waals surface area contributed by atoms with Crippen molar-refractivity contribution in [2.75, 3.05) is 23.6 Å². The molecule has 2 aromatic rings. The molecule has 1 amide bonds. The summed E-state index contributed by atoms with van der Waals surface area (Å²) in [5.41, 5.74) is 0.406. The lowest BCUT2D eigenvalue weighted by Crippen LogP contribution is -2.42. The van der Waals surface area contributed by atoms with Gasteiger partial charge in [-0.05, 0) is 51.0 Å². The molecule has 1 fully saturated rings. The van der Waals surface area contributed by atoms with Crippen LogP contribution in [0.2, 0.25) is 0 Å². The molecule has 152 valence electrons. The van der Waals surface area contributed by atoms with Crippen molar-refractivity contribution >= 4 is 33.0 Å². The Hall–Kier alpha value is -2.13. The summed E-state index contributed by atoms with van der Waals surface area (Å²) in [7, 11) is -3.79. The summed E-state index contributed by atoms with van der Waals surface area (Å²) >= 11 is 1.57. The highest BCUT2D eigenvalue weighted by Crippen LogP contribution is 2.28. The van der Waals surface area contributed by atoms with E-state index in [4.69, 9.17) is 4.74 Å². The fourth-order valence-electron chi connectivity index (χ4n) is 3.18. The summed E-state index contributed by atoms with van der Waals surface area (Å²) in [4.78, 5) is 18.5. The van der Waals surface area contributed by atoms with E-state index in [-0.39, 0.29) is 17.9 Å². The molecule has 1 atom stereocenters. The standard InChI is InChI=1S/C19H25N3O4S2/c1-14(2)26-17-7-5-16(6-8-17)21-28(24,25)13-18(23)22-10-3-4-15(12-22)19-20-9-11-27-19/h5-9,11,14-15,21H,3-4,10,12-13H2,1-2H3. The van der Waals surface area contributed by atoms with Gasteiger partial charge in [0.05, 0.1) is 11.1 Å². The normalized spacial score (nSPS) is 17.5. The summed E-state index contributed by atoms with van der Waals surface area (Å²) in [5.74, 6) is -0.104. The highest BCUT2D eigenvalue weighted by Gasteiger charge is 2.28. The minimum atomic E-state index is -3.79. The average molecular weight is 424 g/mol. The van der Waals surface area contributed by atoms with E-state index < -0.39 is 15.8 Å². The number of benzene rings is 1. The largest absolute Gasteiger partial charge is 0.491 e. The third-order valence-corrected chi connectivity index (χ3v) is 6.50. The zero-order chi connectivity index (χ0) is 20.1. The number of ether oxygens (including phenoxy) is 1. The molecule has 0 spiro atoms. The Labute approximate surface area is 169 Å². The molecular weight excluding hydrogens is 398 g/mol. The van der Waals surface area contributed by atoms with Crippen molar-refractivity contribution in [3.63, 3.8) is 0 Å². The van der Waals surface area contributed by atoms with Gasteiger partial charge < -0.3 is 9.64 Å². The van der Waals surface area contributed by atoms with Crippen LogP contribution in [0.25, 0.3) is 0 Å². The number of likely N-dealkylation sites (tertiary alicyclic amines) is 1. The van der Waals surface area contributed by atoms with Gasteiger partial charge in [-0.3, -0.25) is 9.52 Å². The zero-order valence-electron chi connectivity index (χ0n) is 16.0. The molecule has 1 saturated heterocycles. The van der Waals surface area contributed by atoms with E-state index in [1.807, 2.05) is 19.2 Å². The minimum absolute atomic E-state index is 0.0397. The number of anilines is 1. The quantitative estimate of drug-likeness (QED) is 0.739. The van der Waals surface area contributed by atoms with Crippen molar-refractivity contribution in [3.8, 4) is 5.75 Å². The Bertz CT molecular complexity index is 880. The molecule has 3 rings (SSSR count). The molecule has 1 unspecified atom stereocenters. The zero-order valence-corrected chi connectivity index (χ0v) is 17.6. The van der Waals surface area contributed by atoms with Gasteiger partial charge in [0.1, 0.15) is 11.5 Å². The monoisotopic (exact) mass is 423 g/mol. The number of thiazole rings is 1. The van der Waals surface area contributed by atoms with E-state index in [2.05, 4.69) is 9.71 Å². The summed E-state index contributed by atoms with van der Waals surface area (Å²) < 4.78 is 32.9. The third-order valence-electron chi connectivity index (χ3n) is 4.39. The number of carbonyl (C=O) groups is 1. The first-order valence-corrected chi connectivity index (χ1v) is 11.8. The number of hydrogen-bond donors (Lipinski definition) is 1. The molecule has 0 radical (unpaired) electrons. The van der Waals surface area contributed by atoms with Gasteiger partial charge in [0.2, 0.25) is 15.9 Å². The van der Waals surface area contributed by atoms with Gasteiger partial charge in [-0.25, -0.2) is 13.4 Å². The molecule has 2 heterocycles. The summed E-state index contributed by atoms with van der Waals surface area (Å²) in [5, 5.41) is 2.92. The maximum Gasteiger partial charge on any atom is 0.241 e. The fraction of sp³-hybridized carbons (Fsp3) is 0.474. The number of nitrogens with one attached hydrogen (secondary N) is 1. The molecule has 1 N–H and O–H groups in total. The molecule has 9 heteroatoms. The number of carbonyl (C=O) groups excluding carboxylic acids is 1. The van der Waals surface area contributed by atoms with Crippen LogP contribution in [0.3, 0.4) is 0 Å². The SMILES string of the molecule is CC(C)Oc1ccc(NS(=O)(=O)CC(=O)N2CCCC(c3nccs3)C2)cc1. The Morgan fingerprint density at radius 2 is 2.11 bits per heavy atom. The van der Waals surface area contributed by atoms with Gasteiger partial charge in [-0.1, -0.05) is 0 Å². The Morgan fingerprint density at radius 1 is 1.36 bits per heavy atom. The van der Waals surface area contributed by atoms with Crippen molar-refractivity contribution < 1.29 is 17.9 Å². The van der Waals surface area contributed by atoms with Crippen molar-refractivity contribution in [3.05, 3.63) is 40.8 Å². The lowest BCUT2D eigenvalue weighted by molar-refractivity contribution is -0.129. The van der Waals surface area contributed by atoms with Crippen LogP contribution in [0.15, 0.2) is 35.8 Å². The van der Waals surface area contributed by atoms with Crippen molar-refractivity contribution in [1.29, 1.82) is 0 Å². The van der Waals surface area contributed by atoms with E-state index in [1.54, 1.807) is 46.7 Å². The van der Waals surface area contributed by atoms with Crippen LogP contribution in [0, 0.1) is 0 Å². The smallest absolute Gasteiger partial charge is 0.241 e. The number of rotatable bonds is 7. The summed E-state index contributed by atoms with van der Waals surface area (Å²) in [6.45, 7) is 4.93. The lowest BCUT2D eigenvalue weighted by Gasteiger charge is -2.31. The van der Waals surface area contributed by atoms with Crippen molar-refractivity contribution in [1.82, 2.24) is 9.88 Å². The van der Waals surface area contributed by atoms with E-state index >= 15 is 0 Å². The Morgan fingerprint density at radius 3 is 2.75 bits per heavy atom. The van der Waals surface area contributed by atoms with E-state index in [1.165, 1.54) is 0 Å². The predicted octanol–water partition coefficient (Wildman–Crippen LogP) is 3.08. The third kappa shape index (κ3) is 5.68. The first kappa shape index (κ1) is 20.6. The number of sulfonamides is 1. The molecular formula is C19H25N3O4S2. The molecule has 7 nitrogen and oxygen atoms in total. The van der Waals surface area contributed by atoms with Crippen LogP contribution >= 0.6 is 11.3 Å². The van der Waals surface area contributed by atoms with Gasteiger partial charge in [0.25, 0.3) is 0 Å². The second-order valence-electron chi connectivity index (χ2n) is 7.10. The molecule has 1 aliphatic heterocycles. The van der Waals surface area contributed by atoms with E-state index in [0.29, 0.717) is 24.5 Å². The number of aromatic nitrogens is 1. The number of piperidine rings is 1. The molecule has 28 heavy (non-hydrogen) atoms. The molecule has 1 aliphatic rings. The topological polar surface area (TPSA) is 88.6 Å². The minimum Gasteiger partial charge on any atom is -0.491 e. The van der Waals surface area contributed by atoms with Gasteiger partial charge in [0.15, 0.2) is 0 Å². The van der Waals surface area contributed by atoms with Crippen LogP contribution < -0.4 is 9.46 Å². The van der Waals surface area contributed by atoms with Crippen LogP contribution in [0.4, 0.5) is 5.69 Å². The maximum atomic E-state index is 12.6. The van der Waals surface area contributed by atoms with Gasteiger partial charge in [0, 0.05) is 36.3 Å². The summed E-state index contributed by atoms with van der Waals surface area (Å²) in [6, 6.07) is 6.64. The lowest BCUT2D eigenvalue weighted by atomic mass is 9.99. The molecule has 1 aromatic heterocycles. The first-order valence-electron chi connectivity index (χ1n) is 9.27. The fourth-order valence-corrected chi connectivity index (χ4v) is 5.03. The second-order valence-corrected chi connectivity index (χ2v) is 9.75. The van der Waals surface area contributed by atoms with E-state index in [0.717, 1.165) is 17.8 Å². The van der Waals surface area contributed by atoms with Crippen LogP contribution in [0.5, 0.6) is 5.75 Å². The Balaban J connectivity index is 1.58. The highest BCUT2D eigenvalue weighted by molar-refractivity contribution is 7.93. The molecule has 1 aromatic carbocycles. The second kappa shape index (κ2) is 8.91. The first-order chi connectivity index (χ1) is 13.3. The predicted molar refractivity (Wildman–Crippen MR) is 110 cm³/mol. The van der Waals surface area contributed by atoms with Crippen LogP contribution in [-0.2, 0) is 14.8 Å². The van der Waals surface area contributed by atoms with Crippen molar-refractivity contribution in [2.24, 2.45) is 0 Å². The molecule has 0 bridgehead atoms. The van der Waals surface area contributed by atoms with Gasteiger partial charge in [-0.2, -0.15) is 0 Å². The summed E-state index contributed by atoms with van der Waals surface area (Å²) in [6.07, 6.45) is 3.61. The average Bonchev–Trinajstić information content (AvgIpc) is 3.17. The highest BCUT2D eigenvalue weighted by atomic mass is 32.2.